The summed E-state index contributed by atoms with van der Waals surface area (Å²) in [6, 6.07) is 3.16. The molecule has 1 aromatic carbocycles. The van der Waals surface area contributed by atoms with Gasteiger partial charge in [0, 0.05) is 10.0 Å². The van der Waals surface area contributed by atoms with Crippen molar-refractivity contribution in [1.29, 1.82) is 0 Å². The van der Waals surface area contributed by atoms with E-state index in [1.807, 2.05) is 0 Å². The van der Waals surface area contributed by atoms with Crippen LogP contribution in [0.3, 0.4) is 0 Å². The first-order valence-electron chi connectivity index (χ1n) is 4.74. The smallest absolute Gasteiger partial charge is 0.313 e. The van der Waals surface area contributed by atoms with Gasteiger partial charge in [0.15, 0.2) is 0 Å². The minimum Gasteiger partial charge on any atom is -0.469 e. The Hall–Kier alpha value is -0.610. The number of rotatable bonds is 3. The number of hydrogen-bond donors (Lipinski definition) is 0. The Labute approximate surface area is 107 Å². The van der Waals surface area contributed by atoms with E-state index in [1.54, 1.807) is 13.0 Å². The van der Waals surface area contributed by atoms with Crippen LogP contribution in [0.5, 0.6) is 0 Å². The van der Waals surface area contributed by atoms with Gasteiger partial charge in [-0.25, -0.2) is 4.39 Å². The highest BCUT2D eigenvalue weighted by Gasteiger charge is 2.24. The minimum absolute atomic E-state index is 0.0140. The fourth-order valence-electron chi connectivity index (χ4n) is 1.47. The van der Waals surface area contributed by atoms with E-state index in [0.717, 1.165) is 0 Å². The number of methoxy groups -OCH3 is 1. The lowest BCUT2D eigenvalue weighted by molar-refractivity contribution is -0.142. The number of ether oxygens (including phenoxy) is 1. The Bertz CT molecular complexity index is 409. The molecule has 0 saturated heterocycles. The quantitative estimate of drug-likeness (QED) is 0.625. The van der Waals surface area contributed by atoms with Gasteiger partial charge in [-0.05, 0) is 28.4 Å². The lowest BCUT2D eigenvalue weighted by Crippen LogP contribution is -2.15. The van der Waals surface area contributed by atoms with Crippen molar-refractivity contribution in [3.8, 4) is 0 Å². The molecule has 0 fully saturated rings. The molecule has 0 aliphatic heterocycles. The number of halogens is 3. The molecule has 1 aromatic rings. The topological polar surface area (TPSA) is 26.3 Å². The van der Waals surface area contributed by atoms with E-state index in [-0.39, 0.29) is 10.6 Å². The van der Waals surface area contributed by atoms with Crippen molar-refractivity contribution < 1.29 is 13.9 Å². The third kappa shape index (κ3) is 2.55. The highest BCUT2D eigenvalue weighted by molar-refractivity contribution is 9.10. The molecule has 0 N–H and O–H groups in total. The van der Waals surface area contributed by atoms with Crippen LogP contribution < -0.4 is 0 Å². The molecule has 0 radical (unpaired) electrons. The van der Waals surface area contributed by atoms with Crippen molar-refractivity contribution in [3.63, 3.8) is 0 Å². The summed E-state index contributed by atoms with van der Waals surface area (Å²) in [5.74, 6) is -1.65. The number of hydrogen-bond acceptors (Lipinski definition) is 2. The van der Waals surface area contributed by atoms with Gasteiger partial charge >= 0.3 is 5.97 Å². The molecule has 88 valence electrons. The standard InChI is InChI=1S/C11H11BrClFO2/c1-3-6(11(15)16-2)7-4-5-8(12)9(13)10(7)14/h4-6H,3H2,1-2H3. The van der Waals surface area contributed by atoms with Crippen molar-refractivity contribution in [3.05, 3.63) is 33.0 Å². The molecular formula is C11H11BrClFO2. The Morgan fingerprint density at radius 2 is 2.25 bits per heavy atom. The molecule has 2 nitrogen and oxygen atoms in total. The first kappa shape index (κ1) is 13.5. The van der Waals surface area contributed by atoms with Crippen LogP contribution >= 0.6 is 27.5 Å². The fraction of sp³-hybridized carbons (Fsp3) is 0.364. The summed E-state index contributed by atoms with van der Waals surface area (Å²) >= 11 is 8.87. The van der Waals surface area contributed by atoms with Gasteiger partial charge < -0.3 is 4.74 Å². The van der Waals surface area contributed by atoms with Crippen LogP contribution in [-0.4, -0.2) is 13.1 Å². The molecule has 16 heavy (non-hydrogen) atoms. The molecule has 1 atom stereocenters. The first-order chi connectivity index (χ1) is 7.52. The van der Waals surface area contributed by atoms with Crippen molar-refractivity contribution in [2.75, 3.05) is 7.11 Å². The summed E-state index contributed by atoms with van der Waals surface area (Å²) in [5, 5.41) is -0.0140. The van der Waals surface area contributed by atoms with E-state index >= 15 is 0 Å². The normalized spacial score (nSPS) is 12.3. The van der Waals surface area contributed by atoms with Crippen LogP contribution in [0, 0.1) is 5.82 Å². The summed E-state index contributed by atoms with van der Waals surface area (Å²) in [5.41, 5.74) is 0.266. The number of carbonyl (C=O) groups excluding carboxylic acids is 1. The average Bonchev–Trinajstić information content (AvgIpc) is 2.29. The highest BCUT2D eigenvalue weighted by atomic mass is 79.9. The zero-order chi connectivity index (χ0) is 12.3. The number of esters is 1. The third-order valence-electron chi connectivity index (χ3n) is 2.33. The van der Waals surface area contributed by atoms with Crippen LogP contribution in [0.15, 0.2) is 16.6 Å². The molecule has 0 aromatic heterocycles. The van der Waals surface area contributed by atoms with Crippen LogP contribution in [0.4, 0.5) is 4.39 Å². The van der Waals surface area contributed by atoms with Crippen LogP contribution in [0.1, 0.15) is 24.8 Å². The van der Waals surface area contributed by atoms with E-state index in [4.69, 9.17) is 11.6 Å². The van der Waals surface area contributed by atoms with Crippen molar-refractivity contribution in [1.82, 2.24) is 0 Å². The molecule has 0 spiro atoms. The van der Waals surface area contributed by atoms with Crippen LogP contribution in [-0.2, 0) is 9.53 Å². The number of carbonyl (C=O) groups is 1. The van der Waals surface area contributed by atoms with E-state index < -0.39 is 17.7 Å². The predicted molar refractivity (Wildman–Crippen MR) is 64.2 cm³/mol. The molecule has 1 rings (SSSR count). The van der Waals surface area contributed by atoms with Crippen molar-refractivity contribution in [2.24, 2.45) is 0 Å². The van der Waals surface area contributed by atoms with Gasteiger partial charge in [0.2, 0.25) is 0 Å². The Morgan fingerprint density at radius 3 is 2.75 bits per heavy atom. The summed E-state index contributed by atoms with van der Waals surface area (Å²) in [6.45, 7) is 1.79. The van der Waals surface area contributed by atoms with Crippen molar-refractivity contribution in [2.45, 2.75) is 19.3 Å². The first-order valence-corrected chi connectivity index (χ1v) is 5.91. The summed E-state index contributed by atoms with van der Waals surface area (Å²) in [7, 11) is 1.28. The number of benzene rings is 1. The van der Waals surface area contributed by atoms with E-state index in [2.05, 4.69) is 20.7 Å². The predicted octanol–water partition coefficient (Wildman–Crippen LogP) is 3.91. The SMILES string of the molecule is CCC(C(=O)OC)c1ccc(Br)c(Cl)c1F. The molecule has 0 bridgehead atoms. The molecule has 1 unspecified atom stereocenters. The van der Waals surface area contributed by atoms with E-state index in [9.17, 15) is 9.18 Å². The van der Waals surface area contributed by atoms with Gasteiger partial charge in [-0.15, -0.1) is 0 Å². The highest BCUT2D eigenvalue weighted by Crippen LogP contribution is 2.32. The fourth-order valence-corrected chi connectivity index (χ4v) is 1.94. The van der Waals surface area contributed by atoms with Crippen LogP contribution in [0.25, 0.3) is 0 Å². The maximum absolute atomic E-state index is 13.8. The van der Waals surface area contributed by atoms with Gasteiger partial charge in [0.05, 0.1) is 18.1 Å². The Morgan fingerprint density at radius 1 is 1.62 bits per heavy atom. The van der Waals surface area contributed by atoms with Crippen molar-refractivity contribution >= 4 is 33.5 Å². The molecular weight excluding hydrogens is 298 g/mol. The maximum atomic E-state index is 13.8. The zero-order valence-electron chi connectivity index (χ0n) is 8.89. The average molecular weight is 310 g/mol. The lowest BCUT2D eigenvalue weighted by Gasteiger charge is -2.14. The Kier molecular flexibility index (Phi) is 4.74. The Balaban J connectivity index is 3.21. The van der Waals surface area contributed by atoms with Gasteiger partial charge in [-0.3, -0.25) is 4.79 Å². The van der Waals surface area contributed by atoms with Gasteiger partial charge in [0.1, 0.15) is 5.82 Å². The van der Waals surface area contributed by atoms with Crippen LogP contribution in [0.2, 0.25) is 5.02 Å². The monoisotopic (exact) mass is 308 g/mol. The van der Waals surface area contributed by atoms with Gasteiger partial charge in [-0.1, -0.05) is 24.6 Å². The van der Waals surface area contributed by atoms with E-state index in [0.29, 0.717) is 10.9 Å². The zero-order valence-corrected chi connectivity index (χ0v) is 11.2. The summed E-state index contributed by atoms with van der Waals surface area (Å²) < 4.78 is 18.9. The molecule has 0 amide bonds. The maximum Gasteiger partial charge on any atom is 0.313 e. The second kappa shape index (κ2) is 5.64. The molecule has 0 saturated carbocycles. The second-order valence-electron chi connectivity index (χ2n) is 3.25. The molecule has 0 heterocycles. The summed E-state index contributed by atoms with van der Waals surface area (Å²) in [4.78, 5) is 11.4. The second-order valence-corrected chi connectivity index (χ2v) is 4.48. The molecule has 0 aliphatic carbocycles. The molecule has 5 heteroatoms. The molecule has 0 aliphatic rings. The largest absolute Gasteiger partial charge is 0.469 e. The van der Waals surface area contributed by atoms with Gasteiger partial charge in [0.25, 0.3) is 0 Å². The minimum atomic E-state index is -0.615. The summed E-state index contributed by atoms with van der Waals surface area (Å²) in [6.07, 6.45) is 0.460. The van der Waals surface area contributed by atoms with Gasteiger partial charge in [-0.2, -0.15) is 0 Å². The van der Waals surface area contributed by atoms with E-state index in [1.165, 1.54) is 13.2 Å². The lowest BCUT2D eigenvalue weighted by atomic mass is 9.96. The third-order valence-corrected chi connectivity index (χ3v) is 3.59.